The van der Waals surface area contributed by atoms with Crippen LogP contribution in [0.4, 0.5) is 10.5 Å². The van der Waals surface area contributed by atoms with E-state index in [1.165, 1.54) is 17.0 Å². The van der Waals surface area contributed by atoms with Crippen molar-refractivity contribution in [2.45, 2.75) is 38.0 Å². The molecule has 0 saturated carbocycles. The number of likely N-dealkylation sites (tertiary alicyclic amines) is 1. The third-order valence-electron chi connectivity index (χ3n) is 5.70. The highest BCUT2D eigenvalue weighted by Gasteiger charge is 2.32. The number of carbonyl (C=O) groups is 2. The molecule has 160 valence electrons. The van der Waals surface area contributed by atoms with E-state index < -0.39 is 16.1 Å². The first-order chi connectivity index (χ1) is 13.7. The number of nitrogens with two attached hydrogens (primary N) is 1. The van der Waals surface area contributed by atoms with E-state index in [9.17, 15) is 18.0 Å². The molecule has 0 spiro atoms. The van der Waals surface area contributed by atoms with Crippen LogP contribution in [0.5, 0.6) is 0 Å². The number of anilines is 1. The van der Waals surface area contributed by atoms with Gasteiger partial charge in [-0.05, 0) is 55.4 Å². The highest BCUT2D eigenvalue weighted by molar-refractivity contribution is 7.89. The summed E-state index contributed by atoms with van der Waals surface area (Å²) in [5, 5.41) is 2.82. The van der Waals surface area contributed by atoms with Crippen molar-refractivity contribution < 1.29 is 18.0 Å². The number of nitrogens with zero attached hydrogens (tertiary/aromatic N) is 2. The Labute approximate surface area is 172 Å². The van der Waals surface area contributed by atoms with Gasteiger partial charge in [0, 0.05) is 31.9 Å². The van der Waals surface area contributed by atoms with Gasteiger partial charge in [0.1, 0.15) is 0 Å². The van der Waals surface area contributed by atoms with Crippen LogP contribution >= 0.6 is 0 Å². The summed E-state index contributed by atoms with van der Waals surface area (Å²) in [4.78, 5) is 25.6. The van der Waals surface area contributed by atoms with Crippen molar-refractivity contribution in [3.05, 3.63) is 24.3 Å². The molecule has 2 aliphatic rings. The number of rotatable bonds is 4. The van der Waals surface area contributed by atoms with E-state index in [-0.39, 0.29) is 16.7 Å². The lowest BCUT2D eigenvalue weighted by molar-refractivity contribution is -0.121. The van der Waals surface area contributed by atoms with E-state index in [0.29, 0.717) is 50.1 Å². The summed E-state index contributed by atoms with van der Waals surface area (Å²) in [5.74, 6) is 0.159. The van der Waals surface area contributed by atoms with E-state index >= 15 is 0 Å². The maximum absolute atomic E-state index is 12.9. The first-order valence-electron chi connectivity index (χ1n) is 10.1. The molecule has 1 aromatic carbocycles. The van der Waals surface area contributed by atoms with Crippen LogP contribution in [0.1, 0.15) is 33.1 Å². The molecular formula is C20H30N4O4S. The molecule has 3 atom stereocenters. The van der Waals surface area contributed by atoms with Crippen molar-refractivity contribution >= 4 is 27.6 Å². The van der Waals surface area contributed by atoms with Gasteiger partial charge in [-0.1, -0.05) is 13.8 Å². The zero-order valence-electron chi connectivity index (χ0n) is 17.0. The van der Waals surface area contributed by atoms with Gasteiger partial charge in [0.25, 0.3) is 0 Å². The molecule has 1 aromatic rings. The molecule has 2 aliphatic heterocycles. The molecule has 3 N–H and O–H groups in total. The lowest BCUT2D eigenvalue weighted by atomic mass is 9.94. The molecule has 0 unspecified atom stereocenters. The number of sulfonamides is 1. The van der Waals surface area contributed by atoms with Gasteiger partial charge in [-0.25, -0.2) is 13.2 Å². The lowest BCUT2D eigenvalue weighted by Crippen LogP contribution is -2.46. The monoisotopic (exact) mass is 422 g/mol. The van der Waals surface area contributed by atoms with Crippen molar-refractivity contribution in [3.8, 4) is 0 Å². The van der Waals surface area contributed by atoms with Gasteiger partial charge in [-0.2, -0.15) is 4.31 Å². The van der Waals surface area contributed by atoms with Gasteiger partial charge >= 0.3 is 6.03 Å². The molecule has 0 radical (unpaired) electrons. The van der Waals surface area contributed by atoms with Crippen LogP contribution in [-0.2, 0) is 14.8 Å². The molecule has 9 heteroatoms. The molecule has 3 amide bonds. The van der Waals surface area contributed by atoms with E-state index in [1.807, 2.05) is 0 Å². The molecule has 8 nitrogen and oxygen atoms in total. The summed E-state index contributed by atoms with van der Waals surface area (Å²) in [7, 11) is -3.55. The third-order valence-corrected chi connectivity index (χ3v) is 7.54. The van der Waals surface area contributed by atoms with Crippen LogP contribution < -0.4 is 11.1 Å². The van der Waals surface area contributed by atoms with Crippen molar-refractivity contribution in [3.63, 3.8) is 0 Å². The minimum absolute atomic E-state index is 0.190. The number of nitrogens with one attached hydrogen (secondary N) is 1. The van der Waals surface area contributed by atoms with Crippen LogP contribution in [0, 0.1) is 17.8 Å². The average Bonchev–Trinajstić information content (AvgIpc) is 2.67. The van der Waals surface area contributed by atoms with Gasteiger partial charge in [0.15, 0.2) is 0 Å². The topological polar surface area (TPSA) is 113 Å². The summed E-state index contributed by atoms with van der Waals surface area (Å²) < 4.78 is 27.5. The minimum atomic E-state index is -3.55. The molecule has 0 aromatic heterocycles. The smallest absolute Gasteiger partial charge is 0.314 e. The second-order valence-corrected chi connectivity index (χ2v) is 10.3. The normalized spacial score (nSPS) is 26.1. The van der Waals surface area contributed by atoms with Crippen LogP contribution in [0.25, 0.3) is 0 Å². The van der Waals surface area contributed by atoms with Gasteiger partial charge in [0.05, 0.1) is 10.8 Å². The fraction of sp³-hybridized carbons (Fsp3) is 0.600. The Kier molecular flexibility index (Phi) is 6.48. The van der Waals surface area contributed by atoms with Gasteiger partial charge in [-0.15, -0.1) is 0 Å². The van der Waals surface area contributed by atoms with Crippen LogP contribution in [0.3, 0.4) is 0 Å². The van der Waals surface area contributed by atoms with Gasteiger partial charge < -0.3 is 16.0 Å². The fourth-order valence-electron chi connectivity index (χ4n) is 4.30. The second kappa shape index (κ2) is 8.71. The first-order valence-corrected chi connectivity index (χ1v) is 11.6. The van der Waals surface area contributed by atoms with Crippen LogP contribution in [-0.4, -0.2) is 55.7 Å². The van der Waals surface area contributed by atoms with Gasteiger partial charge in [0.2, 0.25) is 15.9 Å². The maximum Gasteiger partial charge on any atom is 0.314 e. The number of urea groups is 1. The summed E-state index contributed by atoms with van der Waals surface area (Å²) in [6.45, 7) is 6.08. The largest absolute Gasteiger partial charge is 0.351 e. The number of piperidine rings is 2. The number of hydrogen-bond donors (Lipinski definition) is 2. The first kappa shape index (κ1) is 21.6. The number of benzene rings is 1. The highest BCUT2D eigenvalue weighted by atomic mass is 32.2. The number of carbonyl (C=O) groups excluding carboxylic acids is 2. The molecular weight excluding hydrogens is 392 g/mol. The molecule has 2 saturated heterocycles. The Bertz CT molecular complexity index is 846. The average molecular weight is 423 g/mol. The van der Waals surface area contributed by atoms with E-state index in [0.717, 1.165) is 12.8 Å². The summed E-state index contributed by atoms with van der Waals surface area (Å²) in [5.41, 5.74) is 5.85. The second-order valence-electron chi connectivity index (χ2n) is 8.41. The third kappa shape index (κ3) is 5.08. The van der Waals surface area contributed by atoms with E-state index in [4.69, 9.17) is 5.73 Å². The highest BCUT2D eigenvalue weighted by Crippen LogP contribution is 2.27. The maximum atomic E-state index is 12.9. The standard InChI is InChI=1S/C20H30N4O4S/c1-14-10-15(2)12-24(11-14)29(27,28)18-7-5-17(6-8-18)22-19(25)16-4-3-9-23(13-16)20(21)26/h5-8,14-16H,3-4,9-13H2,1-2H3,(H2,21,26)(H,22,25)/t14-,15-,16+/m0/s1. The molecule has 3 rings (SSSR count). The Morgan fingerprint density at radius 1 is 1.07 bits per heavy atom. The Balaban J connectivity index is 1.65. The zero-order chi connectivity index (χ0) is 21.2. The summed E-state index contributed by atoms with van der Waals surface area (Å²) in [6, 6.07) is 5.77. The molecule has 0 bridgehead atoms. The number of primary amides is 1. The SMILES string of the molecule is C[C@H]1C[C@H](C)CN(S(=O)(=O)c2ccc(NC(=O)[C@@H]3CCCN(C(N)=O)C3)cc2)C1. The fourth-order valence-corrected chi connectivity index (χ4v) is 5.98. The molecule has 29 heavy (non-hydrogen) atoms. The van der Waals surface area contributed by atoms with Gasteiger partial charge in [-0.3, -0.25) is 4.79 Å². The van der Waals surface area contributed by atoms with Crippen molar-refractivity contribution in [2.75, 3.05) is 31.5 Å². The Hall–Kier alpha value is -2.13. The molecule has 0 aliphatic carbocycles. The zero-order valence-corrected chi connectivity index (χ0v) is 17.8. The molecule has 2 heterocycles. The predicted octanol–water partition coefficient (Wildman–Crippen LogP) is 2.08. The quantitative estimate of drug-likeness (QED) is 0.773. The van der Waals surface area contributed by atoms with Crippen molar-refractivity contribution in [1.29, 1.82) is 0 Å². The Morgan fingerprint density at radius 2 is 1.69 bits per heavy atom. The lowest BCUT2D eigenvalue weighted by Gasteiger charge is -2.34. The van der Waals surface area contributed by atoms with Crippen LogP contribution in [0.2, 0.25) is 0 Å². The van der Waals surface area contributed by atoms with E-state index in [2.05, 4.69) is 19.2 Å². The Morgan fingerprint density at radius 3 is 2.28 bits per heavy atom. The number of hydrogen-bond acceptors (Lipinski definition) is 4. The van der Waals surface area contributed by atoms with Crippen LogP contribution in [0.15, 0.2) is 29.2 Å². The predicted molar refractivity (Wildman–Crippen MR) is 111 cm³/mol. The number of amides is 3. The van der Waals surface area contributed by atoms with Crippen molar-refractivity contribution in [1.82, 2.24) is 9.21 Å². The van der Waals surface area contributed by atoms with E-state index in [1.54, 1.807) is 16.4 Å². The summed E-state index contributed by atoms with van der Waals surface area (Å²) >= 11 is 0. The minimum Gasteiger partial charge on any atom is -0.351 e. The summed E-state index contributed by atoms with van der Waals surface area (Å²) in [6.07, 6.45) is 2.45. The molecule has 2 fully saturated rings. The van der Waals surface area contributed by atoms with Crippen molar-refractivity contribution in [2.24, 2.45) is 23.5 Å².